The van der Waals surface area contributed by atoms with Crippen molar-refractivity contribution in [1.82, 2.24) is 4.90 Å². The Morgan fingerprint density at radius 1 is 0.893 bits per heavy atom. The zero-order valence-electron chi connectivity index (χ0n) is 14.7. The molecule has 0 spiro atoms. The van der Waals surface area contributed by atoms with Crippen LogP contribution in [-0.2, 0) is 13.1 Å². The van der Waals surface area contributed by atoms with Crippen LogP contribution >= 0.6 is 11.6 Å². The SMILES string of the molecule is O=C(O)c1ccc(O)cc1-c1ccc(C(=O)N2Cc3ccc(Cl)cc3C2)cc1. The fourth-order valence-electron chi connectivity index (χ4n) is 3.44. The Morgan fingerprint density at radius 2 is 1.61 bits per heavy atom. The van der Waals surface area contributed by atoms with Crippen molar-refractivity contribution in [3.8, 4) is 16.9 Å². The number of hydrogen-bond donors (Lipinski definition) is 2. The average molecular weight is 394 g/mol. The molecule has 1 aliphatic heterocycles. The van der Waals surface area contributed by atoms with Gasteiger partial charge >= 0.3 is 5.97 Å². The third kappa shape index (κ3) is 3.32. The summed E-state index contributed by atoms with van der Waals surface area (Å²) in [6.07, 6.45) is 0. The lowest BCUT2D eigenvalue weighted by molar-refractivity contribution is 0.0696. The summed E-state index contributed by atoms with van der Waals surface area (Å²) in [7, 11) is 0. The molecule has 4 rings (SSSR count). The number of carbonyl (C=O) groups excluding carboxylic acids is 1. The summed E-state index contributed by atoms with van der Waals surface area (Å²) < 4.78 is 0. The largest absolute Gasteiger partial charge is 0.508 e. The lowest BCUT2D eigenvalue weighted by atomic mass is 9.98. The predicted molar refractivity (Wildman–Crippen MR) is 106 cm³/mol. The predicted octanol–water partition coefficient (Wildman–Crippen LogP) is 4.57. The van der Waals surface area contributed by atoms with E-state index in [2.05, 4.69) is 0 Å². The molecule has 1 amide bonds. The van der Waals surface area contributed by atoms with Crippen LogP contribution in [0.25, 0.3) is 11.1 Å². The van der Waals surface area contributed by atoms with Crippen molar-refractivity contribution in [2.45, 2.75) is 13.1 Å². The number of nitrogens with zero attached hydrogens (tertiary/aromatic N) is 1. The Balaban J connectivity index is 1.59. The molecule has 3 aromatic rings. The fourth-order valence-corrected chi connectivity index (χ4v) is 3.63. The van der Waals surface area contributed by atoms with E-state index in [0.29, 0.717) is 34.8 Å². The molecule has 28 heavy (non-hydrogen) atoms. The minimum absolute atomic E-state index is 0.0198. The highest BCUT2D eigenvalue weighted by Gasteiger charge is 2.24. The summed E-state index contributed by atoms with van der Waals surface area (Å²) in [6.45, 7) is 1.04. The van der Waals surface area contributed by atoms with Gasteiger partial charge in [0.2, 0.25) is 0 Å². The van der Waals surface area contributed by atoms with Crippen LogP contribution in [-0.4, -0.2) is 27.0 Å². The summed E-state index contributed by atoms with van der Waals surface area (Å²) in [6, 6.07) is 16.4. The molecule has 0 saturated heterocycles. The molecule has 0 atom stereocenters. The maximum Gasteiger partial charge on any atom is 0.336 e. The van der Waals surface area contributed by atoms with Gasteiger partial charge in [-0.25, -0.2) is 4.79 Å². The molecule has 0 unspecified atom stereocenters. The lowest BCUT2D eigenvalue weighted by Gasteiger charge is -2.16. The van der Waals surface area contributed by atoms with Gasteiger partial charge in [-0.05, 0) is 64.7 Å². The van der Waals surface area contributed by atoms with Gasteiger partial charge in [-0.15, -0.1) is 0 Å². The first kappa shape index (κ1) is 18.1. The number of carboxylic acid groups (broad SMARTS) is 1. The van der Waals surface area contributed by atoms with Crippen LogP contribution in [0.2, 0.25) is 5.02 Å². The molecular weight excluding hydrogens is 378 g/mol. The maximum atomic E-state index is 12.8. The number of carbonyl (C=O) groups is 2. The number of rotatable bonds is 3. The number of benzene rings is 3. The van der Waals surface area contributed by atoms with Crippen LogP contribution in [0, 0.1) is 0 Å². The number of amides is 1. The smallest absolute Gasteiger partial charge is 0.336 e. The molecule has 5 nitrogen and oxygen atoms in total. The number of fused-ring (bicyclic) bond motifs is 1. The molecule has 0 bridgehead atoms. The minimum atomic E-state index is -1.08. The van der Waals surface area contributed by atoms with E-state index < -0.39 is 5.97 Å². The van der Waals surface area contributed by atoms with Gasteiger partial charge in [0, 0.05) is 23.7 Å². The lowest BCUT2D eigenvalue weighted by Crippen LogP contribution is -2.25. The molecule has 0 fully saturated rings. The molecular formula is C22H16ClNO4. The van der Waals surface area contributed by atoms with E-state index in [1.165, 1.54) is 18.2 Å². The van der Waals surface area contributed by atoms with E-state index >= 15 is 0 Å². The second kappa shape index (κ2) is 7.02. The first-order chi connectivity index (χ1) is 13.4. The van der Waals surface area contributed by atoms with Crippen LogP contribution in [0.15, 0.2) is 60.7 Å². The number of carboxylic acids is 1. The first-order valence-electron chi connectivity index (χ1n) is 8.66. The van der Waals surface area contributed by atoms with Crippen molar-refractivity contribution in [1.29, 1.82) is 0 Å². The number of phenols is 1. The van der Waals surface area contributed by atoms with Crippen LogP contribution in [0.4, 0.5) is 0 Å². The van der Waals surface area contributed by atoms with Gasteiger partial charge in [0.1, 0.15) is 5.75 Å². The van der Waals surface area contributed by atoms with Gasteiger partial charge in [0.15, 0.2) is 0 Å². The monoisotopic (exact) mass is 393 g/mol. The molecule has 1 aliphatic rings. The highest BCUT2D eigenvalue weighted by atomic mass is 35.5. The van der Waals surface area contributed by atoms with E-state index in [1.807, 2.05) is 18.2 Å². The third-order valence-corrected chi connectivity index (χ3v) is 5.09. The Bertz CT molecular complexity index is 1090. The Hall–Kier alpha value is -3.31. The van der Waals surface area contributed by atoms with Gasteiger partial charge in [0.25, 0.3) is 5.91 Å². The zero-order valence-corrected chi connectivity index (χ0v) is 15.5. The van der Waals surface area contributed by atoms with Crippen molar-refractivity contribution in [3.63, 3.8) is 0 Å². The van der Waals surface area contributed by atoms with E-state index in [-0.39, 0.29) is 17.2 Å². The molecule has 0 aromatic heterocycles. The molecule has 140 valence electrons. The van der Waals surface area contributed by atoms with Crippen molar-refractivity contribution >= 4 is 23.5 Å². The van der Waals surface area contributed by atoms with E-state index in [0.717, 1.165) is 11.1 Å². The second-order valence-corrected chi connectivity index (χ2v) is 7.12. The highest BCUT2D eigenvalue weighted by molar-refractivity contribution is 6.30. The van der Waals surface area contributed by atoms with Gasteiger partial charge < -0.3 is 15.1 Å². The van der Waals surface area contributed by atoms with Gasteiger partial charge in [0.05, 0.1) is 5.56 Å². The fraction of sp³-hybridized carbons (Fsp3) is 0.0909. The Labute approximate surface area is 166 Å². The van der Waals surface area contributed by atoms with Crippen molar-refractivity contribution in [3.05, 3.63) is 87.9 Å². The molecule has 6 heteroatoms. The third-order valence-electron chi connectivity index (χ3n) is 4.85. The standard InChI is InChI=1S/C22H16ClNO4/c23-17-6-5-15-11-24(12-16(15)9-17)21(26)14-3-1-13(2-4-14)20-10-18(25)7-8-19(20)22(27)28/h1-10,25H,11-12H2,(H,27,28). The summed E-state index contributed by atoms with van der Waals surface area (Å²) in [5.41, 5.74) is 3.74. The van der Waals surface area contributed by atoms with Crippen LogP contribution in [0.3, 0.4) is 0 Å². The highest BCUT2D eigenvalue weighted by Crippen LogP contribution is 2.30. The van der Waals surface area contributed by atoms with Crippen molar-refractivity contribution in [2.75, 3.05) is 0 Å². The van der Waals surface area contributed by atoms with Crippen molar-refractivity contribution < 1.29 is 19.8 Å². The first-order valence-corrected chi connectivity index (χ1v) is 9.03. The van der Waals surface area contributed by atoms with E-state index in [1.54, 1.807) is 29.2 Å². The summed E-state index contributed by atoms with van der Waals surface area (Å²) >= 11 is 6.03. The van der Waals surface area contributed by atoms with Gasteiger partial charge in [-0.2, -0.15) is 0 Å². The number of aromatic hydroxyl groups is 1. The average Bonchev–Trinajstić information content (AvgIpc) is 3.10. The van der Waals surface area contributed by atoms with Crippen LogP contribution in [0.1, 0.15) is 31.8 Å². The molecule has 0 aliphatic carbocycles. The van der Waals surface area contributed by atoms with Gasteiger partial charge in [-0.3, -0.25) is 4.79 Å². The molecule has 0 radical (unpaired) electrons. The quantitative estimate of drug-likeness (QED) is 0.683. The van der Waals surface area contributed by atoms with Gasteiger partial charge in [-0.1, -0.05) is 29.8 Å². The summed E-state index contributed by atoms with van der Waals surface area (Å²) in [5.74, 6) is -1.20. The Kier molecular flexibility index (Phi) is 4.53. The van der Waals surface area contributed by atoms with Crippen molar-refractivity contribution in [2.24, 2.45) is 0 Å². The van der Waals surface area contributed by atoms with Crippen LogP contribution in [0.5, 0.6) is 5.75 Å². The summed E-state index contributed by atoms with van der Waals surface area (Å²) in [5, 5.41) is 19.7. The zero-order chi connectivity index (χ0) is 19.8. The number of halogens is 1. The molecule has 0 saturated carbocycles. The topological polar surface area (TPSA) is 77.8 Å². The number of hydrogen-bond acceptors (Lipinski definition) is 3. The number of phenolic OH excluding ortho intramolecular Hbond substituents is 1. The molecule has 2 N–H and O–H groups in total. The molecule has 1 heterocycles. The van der Waals surface area contributed by atoms with Crippen LogP contribution < -0.4 is 0 Å². The molecule has 3 aromatic carbocycles. The minimum Gasteiger partial charge on any atom is -0.508 e. The van der Waals surface area contributed by atoms with E-state index in [4.69, 9.17) is 11.6 Å². The maximum absolute atomic E-state index is 12.8. The summed E-state index contributed by atoms with van der Waals surface area (Å²) in [4.78, 5) is 26.0. The Morgan fingerprint density at radius 3 is 2.32 bits per heavy atom. The number of aromatic carboxylic acids is 1. The van der Waals surface area contributed by atoms with E-state index in [9.17, 15) is 19.8 Å². The normalized spacial score (nSPS) is 12.7. The second-order valence-electron chi connectivity index (χ2n) is 6.69.